The third kappa shape index (κ3) is 14.7. The van der Waals surface area contributed by atoms with Crippen LogP contribution in [0.3, 0.4) is 0 Å². The van der Waals surface area contributed by atoms with Crippen molar-refractivity contribution in [3.8, 4) is 0 Å². The van der Waals surface area contributed by atoms with Crippen LogP contribution in [0.15, 0.2) is 39.3 Å². The predicted octanol–water partition coefficient (Wildman–Crippen LogP) is 5.70. The van der Waals surface area contributed by atoms with Crippen molar-refractivity contribution in [2.24, 2.45) is 23.7 Å². The molecule has 18 heteroatoms. The minimum Gasteiger partial charge on any atom is -0.386 e. The predicted molar refractivity (Wildman–Crippen MR) is 263 cm³/mol. The minimum absolute atomic E-state index is 0.0424. The van der Waals surface area contributed by atoms with E-state index in [4.69, 9.17) is 9.47 Å². The summed E-state index contributed by atoms with van der Waals surface area (Å²) in [5, 5.41) is 16.8. The van der Waals surface area contributed by atoms with Crippen molar-refractivity contribution >= 4 is 73.2 Å². The van der Waals surface area contributed by atoms with E-state index in [1.54, 1.807) is 49.9 Å². The number of nitrogens with one attached hydrogen (secondary N) is 2. The molecule has 1 saturated heterocycles. The van der Waals surface area contributed by atoms with Gasteiger partial charge in [-0.25, -0.2) is 0 Å². The number of carbonyl (C=O) groups is 7. The number of aliphatic hydroxyl groups excluding tert-OH is 1. The summed E-state index contributed by atoms with van der Waals surface area (Å²) in [4.78, 5) is 101. The van der Waals surface area contributed by atoms with Crippen LogP contribution in [0.2, 0.25) is 0 Å². The van der Waals surface area contributed by atoms with Gasteiger partial charge < -0.3 is 39.9 Å². The fraction of sp³-hybridized carbons (Fsp3) is 0.694. The number of halogens is 2. The molecule has 1 fully saturated rings. The molecule has 10 atom stereocenters. The van der Waals surface area contributed by atoms with Gasteiger partial charge in [-0.2, -0.15) is 0 Å². The molecule has 1 aromatic carbocycles. The molecule has 2 heterocycles. The molecule has 0 spiro atoms. The third-order valence-electron chi connectivity index (χ3n) is 13.5. The van der Waals surface area contributed by atoms with Crippen LogP contribution in [0.4, 0.5) is 0 Å². The number of carbonyl (C=O) groups excluding carboxylic acids is 7. The summed E-state index contributed by atoms with van der Waals surface area (Å²) in [6.07, 6.45) is 1.45. The average molecular weight is 1070 g/mol. The smallest absolute Gasteiger partial charge is 0.269 e. The fourth-order valence-electron chi connectivity index (χ4n) is 9.35. The zero-order valence-electron chi connectivity index (χ0n) is 41.6. The Morgan fingerprint density at radius 1 is 0.836 bits per heavy atom. The van der Waals surface area contributed by atoms with E-state index in [9.17, 15) is 38.7 Å². The van der Waals surface area contributed by atoms with Gasteiger partial charge in [0.25, 0.3) is 11.8 Å². The lowest BCUT2D eigenvalue weighted by molar-refractivity contribution is -0.148. The zero-order valence-corrected chi connectivity index (χ0v) is 44.7. The number of ether oxygens (including phenoxy) is 2. The first-order valence-electron chi connectivity index (χ1n) is 23.7. The van der Waals surface area contributed by atoms with E-state index >= 15 is 0 Å². The molecule has 2 aliphatic rings. The second kappa shape index (κ2) is 26.9. The molecule has 3 rings (SSSR count). The molecule has 376 valence electrons. The van der Waals surface area contributed by atoms with E-state index in [2.05, 4.69) is 42.5 Å². The molecule has 10 unspecified atom stereocenters. The molecular formula is C49H76Br2N6O10. The number of likely N-dealkylation sites (N-methyl/N-ethyl adjacent to an activating group) is 2. The summed E-state index contributed by atoms with van der Waals surface area (Å²) < 4.78 is 12.4. The Hall–Kier alpha value is -3.71. The van der Waals surface area contributed by atoms with Gasteiger partial charge in [0, 0.05) is 47.8 Å². The van der Waals surface area contributed by atoms with Crippen LogP contribution in [0.25, 0.3) is 0 Å². The second-order valence-electron chi connectivity index (χ2n) is 18.9. The van der Waals surface area contributed by atoms with Crippen molar-refractivity contribution in [2.45, 2.75) is 155 Å². The van der Waals surface area contributed by atoms with Crippen LogP contribution in [-0.2, 0) is 43.0 Å². The van der Waals surface area contributed by atoms with Crippen molar-refractivity contribution in [3.63, 3.8) is 0 Å². The zero-order chi connectivity index (χ0) is 50.4. The van der Waals surface area contributed by atoms with Gasteiger partial charge in [-0.15, -0.1) is 0 Å². The van der Waals surface area contributed by atoms with Crippen molar-refractivity contribution in [2.75, 3.05) is 41.4 Å². The maximum Gasteiger partial charge on any atom is 0.269 e. The standard InChI is InChI=1S/C49H76Br2N6O10/c1-13-30(6)42(35(66-11)27-37(59)56-26-20-23-34(56)44(67-12)31(7)45(61)52-32(8)43(60)33-21-16-14-17-22-33)55(10)49(65)40(28(2)3)53-46(62)41(29(4)5)54(9)36(58)24-18-15-19-25-57-47(63)38(50)39(51)48(57)64/h14,16-17,21-22,28-32,34-35,40-44,60H,13,15,18-20,23-27H2,1-12H3,(H,52,61)(H,53,62). The Morgan fingerprint density at radius 2 is 1.45 bits per heavy atom. The number of aliphatic hydroxyl groups is 1. The third-order valence-corrected chi connectivity index (χ3v) is 15.5. The highest BCUT2D eigenvalue weighted by Gasteiger charge is 2.44. The average Bonchev–Trinajstić information content (AvgIpc) is 3.85. The van der Waals surface area contributed by atoms with Crippen LogP contribution in [0, 0.1) is 23.7 Å². The van der Waals surface area contributed by atoms with Gasteiger partial charge in [0.2, 0.25) is 29.5 Å². The number of imide groups is 1. The molecule has 67 heavy (non-hydrogen) atoms. The normalized spacial score (nSPS) is 19.4. The quantitative estimate of drug-likeness (QED) is 0.0766. The van der Waals surface area contributed by atoms with E-state index in [-0.39, 0.29) is 69.7 Å². The summed E-state index contributed by atoms with van der Waals surface area (Å²) in [7, 11) is 6.31. The first kappa shape index (κ1) is 57.6. The molecular weight excluding hydrogens is 992 g/mol. The number of methoxy groups -OCH3 is 2. The highest BCUT2D eigenvalue weighted by molar-refractivity contribution is 9.14. The number of likely N-dealkylation sites (tertiary alicyclic amines) is 1. The monoisotopic (exact) mass is 1070 g/mol. The van der Waals surface area contributed by atoms with E-state index in [0.717, 1.165) is 4.90 Å². The Morgan fingerprint density at radius 3 is 1.99 bits per heavy atom. The van der Waals surface area contributed by atoms with Gasteiger partial charge in [-0.05, 0) is 87.8 Å². The van der Waals surface area contributed by atoms with Crippen molar-refractivity contribution < 1.29 is 48.1 Å². The highest BCUT2D eigenvalue weighted by Crippen LogP contribution is 2.31. The summed E-state index contributed by atoms with van der Waals surface area (Å²) in [5.74, 6) is -3.75. The largest absolute Gasteiger partial charge is 0.386 e. The van der Waals surface area contributed by atoms with Crippen LogP contribution >= 0.6 is 31.9 Å². The lowest BCUT2D eigenvalue weighted by Crippen LogP contribution is -2.60. The number of nitrogens with zero attached hydrogens (tertiary/aromatic N) is 4. The number of amides is 7. The van der Waals surface area contributed by atoms with E-state index in [1.807, 2.05) is 59.7 Å². The minimum atomic E-state index is -0.956. The summed E-state index contributed by atoms with van der Waals surface area (Å²) in [6, 6.07) is 5.76. The van der Waals surface area contributed by atoms with Crippen molar-refractivity contribution in [1.29, 1.82) is 0 Å². The fourth-order valence-corrected chi connectivity index (χ4v) is 10.1. The van der Waals surface area contributed by atoms with Crippen LogP contribution in [-0.4, -0.2) is 150 Å². The van der Waals surface area contributed by atoms with Crippen molar-refractivity contribution in [1.82, 2.24) is 30.2 Å². The highest BCUT2D eigenvalue weighted by atomic mass is 79.9. The van der Waals surface area contributed by atoms with Crippen LogP contribution in [0.1, 0.15) is 118 Å². The molecule has 7 amide bonds. The van der Waals surface area contributed by atoms with Crippen molar-refractivity contribution in [3.05, 3.63) is 44.9 Å². The first-order chi connectivity index (χ1) is 31.5. The van der Waals surface area contributed by atoms with Gasteiger partial charge in [0.05, 0.1) is 48.8 Å². The topological polar surface area (TPSA) is 195 Å². The second-order valence-corrected chi connectivity index (χ2v) is 20.5. The number of hydrogen-bond donors (Lipinski definition) is 3. The van der Waals surface area contributed by atoms with Gasteiger partial charge in [-0.3, -0.25) is 38.5 Å². The molecule has 3 N–H and O–H groups in total. The Labute approximate surface area is 414 Å². The molecule has 0 bridgehead atoms. The molecule has 16 nitrogen and oxygen atoms in total. The molecule has 0 aliphatic carbocycles. The number of benzene rings is 1. The van der Waals surface area contributed by atoms with E-state index in [0.29, 0.717) is 50.6 Å². The Kier molecular flexibility index (Phi) is 23.1. The SMILES string of the molecule is CCC(C)C(C(CC(=O)N1CCCC1C(OC)C(C)C(=O)NC(C)C(O)c1ccccc1)OC)N(C)C(=O)C(NC(=O)C(C(C)C)N(C)C(=O)CCCCCN1C(=O)C(Br)=C(Br)C1=O)C(C)C. The van der Waals surface area contributed by atoms with Gasteiger partial charge >= 0.3 is 0 Å². The Bertz CT molecular complexity index is 1880. The summed E-state index contributed by atoms with van der Waals surface area (Å²) in [6.45, 7) is 15.6. The molecule has 0 radical (unpaired) electrons. The lowest BCUT2D eigenvalue weighted by atomic mass is 9.89. The van der Waals surface area contributed by atoms with E-state index in [1.165, 1.54) is 19.1 Å². The number of hydrogen-bond acceptors (Lipinski definition) is 10. The van der Waals surface area contributed by atoms with E-state index < -0.39 is 72.2 Å². The lowest BCUT2D eigenvalue weighted by Gasteiger charge is -2.41. The van der Waals surface area contributed by atoms with Crippen LogP contribution in [0.5, 0.6) is 0 Å². The molecule has 1 aromatic rings. The first-order valence-corrected chi connectivity index (χ1v) is 25.3. The summed E-state index contributed by atoms with van der Waals surface area (Å²) in [5.41, 5.74) is 0.687. The Balaban J connectivity index is 1.69. The number of rotatable bonds is 26. The summed E-state index contributed by atoms with van der Waals surface area (Å²) >= 11 is 6.26. The number of unbranched alkanes of at least 4 members (excludes halogenated alkanes) is 2. The maximum absolute atomic E-state index is 14.6. The van der Waals surface area contributed by atoms with Gasteiger partial charge in [0.1, 0.15) is 21.0 Å². The molecule has 0 aromatic heterocycles. The van der Waals surface area contributed by atoms with Gasteiger partial charge in [-0.1, -0.05) is 91.6 Å². The molecule has 2 aliphatic heterocycles. The van der Waals surface area contributed by atoms with Gasteiger partial charge in [0.15, 0.2) is 0 Å². The maximum atomic E-state index is 14.6. The molecule has 0 saturated carbocycles. The van der Waals surface area contributed by atoms with Crippen LogP contribution < -0.4 is 10.6 Å².